The van der Waals surface area contributed by atoms with E-state index in [9.17, 15) is 0 Å². The van der Waals surface area contributed by atoms with Crippen LogP contribution in [0.3, 0.4) is 0 Å². The molecule has 0 aliphatic rings. The van der Waals surface area contributed by atoms with Crippen LogP contribution in [0.1, 0.15) is 40.5 Å². The van der Waals surface area contributed by atoms with Crippen LogP contribution in [0.5, 0.6) is 0 Å². The van der Waals surface area contributed by atoms with Crippen molar-refractivity contribution in [1.29, 1.82) is 0 Å². The van der Waals surface area contributed by atoms with Gasteiger partial charge in [-0.3, -0.25) is 0 Å². The third-order valence-corrected chi connectivity index (χ3v) is 2.21. The molecule has 0 aromatic carbocycles. The van der Waals surface area contributed by atoms with E-state index < -0.39 is 0 Å². The molecule has 1 atom stereocenters. The third-order valence-electron chi connectivity index (χ3n) is 2.21. The van der Waals surface area contributed by atoms with Crippen LogP contribution in [0.2, 0.25) is 0 Å². The number of nitrogens with one attached hydrogen (secondary N) is 1. The van der Waals surface area contributed by atoms with E-state index >= 15 is 0 Å². The smallest absolute Gasteiger partial charge is 0.0622 e. The molecule has 13 heavy (non-hydrogen) atoms. The summed E-state index contributed by atoms with van der Waals surface area (Å²) in [6, 6.07) is 0.516. The summed E-state index contributed by atoms with van der Waals surface area (Å²) in [5, 5.41) is 3.43. The molecule has 0 saturated heterocycles. The first-order valence-corrected chi connectivity index (χ1v) is 5.53. The summed E-state index contributed by atoms with van der Waals surface area (Å²) in [4.78, 5) is 0. The zero-order valence-electron chi connectivity index (χ0n) is 9.60. The first-order valence-electron chi connectivity index (χ1n) is 5.53. The number of hydrogen-bond donors (Lipinski definition) is 1. The van der Waals surface area contributed by atoms with Gasteiger partial charge in [0.1, 0.15) is 0 Å². The summed E-state index contributed by atoms with van der Waals surface area (Å²) < 4.78 is 5.59. The van der Waals surface area contributed by atoms with E-state index in [0.29, 0.717) is 12.0 Å². The molecule has 1 unspecified atom stereocenters. The Hall–Kier alpha value is -0.0800. The van der Waals surface area contributed by atoms with Crippen LogP contribution in [-0.2, 0) is 4.74 Å². The Morgan fingerprint density at radius 2 is 1.92 bits per heavy atom. The van der Waals surface area contributed by atoms with Crippen LogP contribution in [0, 0.1) is 5.92 Å². The molecule has 0 heterocycles. The van der Waals surface area contributed by atoms with Crippen molar-refractivity contribution in [3.63, 3.8) is 0 Å². The molecule has 2 nitrogen and oxygen atoms in total. The summed E-state index contributed by atoms with van der Waals surface area (Å²) in [5.74, 6) is 0.654. The quantitative estimate of drug-likeness (QED) is 0.589. The fourth-order valence-electron chi connectivity index (χ4n) is 1.21. The van der Waals surface area contributed by atoms with Crippen LogP contribution >= 0.6 is 0 Å². The molecule has 0 aromatic rings. The topological polar surface area (TPSA) is 21.3 Å². The Morgan fingerprint density at radius 1 is 1.23 bits per heavy atom. The number of hydrogen-bond acceptors (Lipinski definition) is 2. The zero-order valence-corrected chi connectivity index (χ0v) is 9.60. The van der Waals surface area contributed by atoms with Gasteiger partial charge in [-0.25, -0.2) is 0 Å². The lowest BCUT2D eigenvalue weighted by atomic mass is 10.1. The molecular weight excluding hydrogens is 162 g/mol. The first kappa shape index (κ1) is 12.9. The lowest BCUT2D eigenvalue weighted by Gasteiger charge is -2.21. The first-order chi connectivity index (χ1) is 6.22. The van der Waals surface area contributed by atoms with Crippen molar-refractivity contribution < 1.29 is 4.74 Å². The molecule has 0 aromatic heterocycles. The maximum absolute atomic E-state index is 5.59. The van der Waals surface area contributed by atoms with Gasteiger partial charge in [0.2, 0.25) is 0 Å². The number of ether oxygens (including phenoxy) is 1. The van der Waals surface area contributed by atoms with Gasteiger partial charge in [-0.15, -0.1) is 0 Å². The largest absolute Gasteiger partial charge is 0.380 e. The molecule has 80 valence electrons. The average molecular weight is 187 g/mol. The fraction of sp³-hybridized carbons (Fsp3) is 1.00. The lowest BCUT2D eigenvalue weighted by molar-refractivity contribution is 0.0964. The molecule has 1 N–H and O–H groups in total. The molecule has 0 radical (unpaired) electrons. The van der Waals surface area contributed by atoms with E-state index in [2.05, 4.69) is 33.0 Å². The summed E-state index contributed by atoms with van der Waals surface area (Å²) in [5.41, 5.74) is 0. The molecule has 0 spiro atoms. The van der Waals surface area contributed by atoms with Gasteiger partial charge in [-0.1, -0.05) is 34.1 Å². The van der Waals surface area contributed by atoms with Crippen molar-refractivity contribution in [2.24, 2.45) is 5.92 Å². The van der Waals surface area contributed by atoms with Gasteiger partial charge in [0, 0.05) is 12.6 Å². The second-order valence-electron chi connectivity index (χ2n) is 3.84. The van der Waals surface area contributed by atoms with E-state index in [4.69, 9.17) is 4.74 Å². The second-order valence-corrected chi connectivity index (χ2v) is 3.84. The maximum atomic E-state index is 5.59. The highest BCUT2D eigenvalue weighted by molar-refractivity contribution is 4.68. The fourth-order valence-corrected chi connectivity index (χ4v) is 1.21. The van der Waals surface area contributed by atoms with Gasteiger partial charge in [-0.05, 0) is 18.9 Å². The Kier molecular flexibility index (Phi) is 8.46. The summed E-state index contributed by atoms with van der Waals surface area (Å²) in [7, 11) is 0. The molecule has 0 aliphatic heterocycles. The molecule has 0 fully saturated rings. The van der Waals surface area contributed by atoms with Crippen molar-refractivity contribution in [2.45, 2.75) is 46.6 Å². The van der Waals surface area contributed by atoms with Crippen LogP contribution in [-0.4, -0.2) is 25.8 Å². The summed E-state index contributed by atoms with van der Waals surface area (Å²) in [6.07, 6.45) is 2.39. The predicted molar refractivity (Wildman–Crippen MR) is 58.0 cm³/mol. The minimum Gasteiger partial charge on any atom is -0.380 e. The minimum absolute atomic E-state index is 0.516. The van der Waals surface area contributed by atoms with Crippen molar-refractivity contribution in [3.05, 3.63) is 0 Å². The predicted octanol–water partition coefficient (Wildman–Crippen LogP) is 2.44. The van der Waals surface area contributed by atoms with Crippen LogP contribution in [0.4, 0.5) is 0 Å². The monoisotopic (exact) mass is 187 g/mol. The summed E-state index contributed by atoms with van der Waals surface area (Å²) >= 11 is 0. The molecular formula is C11H25NO. The van der Waals surface area contributed by atoms with Gasteiger partial charge in [0.25, 0.3) is 0 Å². The van der Waals surface area contributed by atoms with E-state index in [-0.39, 0.29) is 0 Å². The molecule has 0 amide bonds. The Bertz CT molecular complexity index is 104. The molecule has 0 rings (SSSR count). The van der Waals surface area contributed by atoms with Crippen molar-refractivity contribution >= 4 is 0 Å². The minimum atomic E-state index is 0.516. The van der Waals surface area contributed by atoms with Crippen molar-refractivity contribution in [3.8, 4) is 0 Å². The SMILES string of the molecule is CCCCOCC(NCC)C(C)C. The van der Waals surface area contributed by atoms with Gasteiger partial charge in [0.15, 0.2) is 0 Å². The van der Waals surface area contributed by atoms with Gasteiger partial charge in [-0.2, -0.15) is 0 Å². The normalized spacial score (nSPS) is 13.6. The highest BCUT2D eigenvalue weighted by Gasteiger charge is 2.10. The van der Waals surface area contributed by atoms with Crippen LogP contribution in [0.15, 0.2) is 0 Å². The van der Waals surface area contributed by atoms with E-state index in [1.54, 1.807) is 0 Å². The Labute approximate surface area is 83.1 Å². The van der Waals surface area contributed by atoms with Crippen LogP contribution in [0.25, 0.3) is 0 Å². The van der Waals surface area contributed by atoms with Gasteiger partial charge in [0.05, 0.1) is 6.61 Å². The van der Waals surface area contributed by atoms with E-state index in [1.165, 1.54) is 12.8 Å². The molecule has 0 aliphatic carbocycles. The number of rotatable bonds is 8. The Balaban J connectivity index is 3.45. The lowest BCUT2D eigenvalue weighted by Crippen LogP contribution is -2.37. The van der Waals surface area contributed by atoms with Gasteiger partial charge < -0.3 is 10.1 Å². The number of likely N-dealkylation sites (N-methyl/N-ethyl adjacent to an activating group) is 1. The molecule has 0 saturated carbocycles. The van der Waals surface area contributed by atoms with Crippen molar-refractivity contribution in [2.75, 3.05) is 19.8 Å². The highest BCUT2D eigenvalue weighted by atomic mass is 16.5. The van der Waals surface area contributed by atoms with E-state index in [0.717, 1.165) is 19.8 Å². The van der Waals surface area contributed by atoms with Crippen LogP contribution < -0.4 is 5.32 Å². The van der Waals surface area contributed by atoms with Gasteiger partial charge >= 0.3 is 0 Å². The number of unbranched alkanes of at least 4 members (excludes halogenated alkanes) is 1. The molecule has 2 heteroatoms. The Morgan fingerprint density at radius 3 is 2.38 bits per heavy atom. The standard InChI is InChI=1S/C11H25NO/c1-5-7-8-13-9-11(10(3)4)12-6-2/h10-12H,5-9H2,1-4H3. The molecule has 0 bridgehead atoms. The van der Waals surface area contributed by atoms with Crippen molar-refractivity contribution in [1.82, 2.24) is 5.32 Å². The summed E-state index contributed by atoms with van der Waals surface area (Å²) in [6.45, 7) is 11.6. The third kappa shape index (κ3) is 7.03. The van der Waals surface area contributed by atoms with E-state index in [1.807, 2.05) is 0 Å². The maximum Gasteiger partial charge on any atom is 0.0622 e. The highest BCUT2D eigenvalue weighted by Crippen LogP contribution is 2.02. The average Bonchev–Trinajstić information content (AvgIpc) is 2.10. The zero-order chi connectivity index (χ0) is 10.1. The second kappa shape index (κ2) is 8.52.